The van der Waals surface area contributed by atoms with Gasteiger partial charge in [0, 0.05) is 72.9 Å². The number of ether oxygens (including phenoxy) is 1. The van der Waals surface area contributed by atoms with Crippen LogP contribution in [0.4, 0.5) is 0 Å². The fraction of sp³-hybridized carbons (Fsp3) is 0.0141. The molecule has 10 aromatic carbocycles. The average molecular weight is 982 g/mol. The zero-order valence-electron chi connectivity index (χ0n) is 41.5. The number of nitrogens with zero attached hydrogens (tertiary/aromatic N) is 5. The van der Waals surface area contributed by atoms with Crippen LogP contribution in [0.25, 0.3) is 116 Å². The number of aromatic nitrogens is 5. The first-order valence-corrected chi connectivity index (χ1v) is 26.3. The van der Waals surface area contributed by atoms with Crippen LogP contribution in [0.15, 0.2) is 261 Å². The van der Waals surface area contributed by atoms with E-state index in [1.165, 1.54) is 54.4 Å². The van der Waals surface area contributed by atoms with E-state index in [1.807, 2.05) is 12.4 Å². The molecule has 0 bridgehead atoms. The van der Waals surface area contributed by atoms with E-state index in [0.29, 0.717) is 0 Å². The van der Waals surface area contributed by atoms with Crippen LogP contribution in [-0.2, 0) is 5.41 Å². The Morgan fingerprint density at radius 1 is 0.273 bits per heavy atom. The molecular formula is C71H43N5O. The minimum absolute atomic E-state index is 0.714. The van der Waals surface area contributed by atoms with Crippen molar-refractivity contribution < 1.29 is 4.74 Å². The minimum atomic E-state index is -0.714. The monoisotopic (exact) mass is 981 g/mol. The molecule has 17 rings (SSSR count). The highest BCUT2D eigenvalue weighted by Crippen LogP contribution is 2.62. The molecule has 1 spiro atoms. The normalized spacial score (nSPS) is 13.1. The maximum Gasteiger partial charge on any atom is 0.132 e. The quantitative estimate of drug-likeness (QED) is 0.173. The molecule has 0 fully saturated rings. The van der Waals surface area contributed by atoms with E-state index in [2.05, 4.69) is 262 Å². The van der Waals surface area contributed by atoms with Gasteiger partial charge in [-0.1, -0.05) is 140 Å². The summed E-state index contributed by atoms with van der Waals surface area (Å²) in [6.07, 6.45) is 3.76. The first kappa shape index (κ1) is 42.1. The lowest BCUT2D eigenvalue weighted by atomic mass is 9.66. The number of pyridine rings is 2. The molecular weight excluding hydrogens is 939 g/mol. The van der Waals surface area contributed by atoms with E-state index in [0.717, 1.165) is 95.5 Å². The van der Waals surface area contributed by atoms with E-state index in [-0.39, 0.29) is 0 Å². The summed E-state index contributed by atoms with van der Waals surface area (Å²) in [6.45, 7) is 0. The number of fused-ring (bicyclic) bond motifs is 18. The molecule has 0 amide bonds. The van der Waals surface area contributed by atoms with Gasteiger partial charge in [0.05, 0.1) is 49.9 Å². The SMILES string of the molecule is c1ccc(-n2c3ccccc3c3cc(-c4ccc5c(c4)Oc4cc(-c6ccc7c(c6)c6ccccc6n7-c6ccc(-n7c8ccccc8c8ccccc87)cc6)ccc4C54c5cccnc5-c5ncccc54)ccc32)cc1. The summed E-state index contributed by atoms with van der Waals surface area (Å²) in [5.41, 5.74) is 20.3. The molecule has 0 saturated heterocycles. The Bertz CT molecular complexity index is 4860. The van der Waals surface area contributed by atoms with Crippen molar-refractivity contribution in [2.75, 3.05) is 0 Å². The lowest BCUT2D eigenvalue weighted by Crippen LogP contribution is -2.32. The molecule has 77 heavy (non-hydrogen) atoms. The maximum atomic E-state index is 7.29. The van der Waals surface area contributed by atoms with Gasteiger partial charge in [-0.2, -0.15) is 0 Å². The smallest absolute Gasteiger partial charge is 0.132 e. The van der Waals surface area contributed by atoms with Crippen LogP contribution in [-0.4, -0.2) is 23.7 Å². The van der Waals surface area contributed by atoms with Crippen molar-refractivity contribution in [2.24, 2.45) is 0 Å². The van der Waals surface area contributed by atoms with Gasteiger partial charge in [0.1, 0.15) is 11.5 Å². The van der Waals surface area contributed by atoms with Gasteiger partial charge in [-0.25, -0.2) is 0 Å². The largest absolute Gasteiger partial charge is 0.457 e. The summed E-state index contributed by atoms with van der Waals surface area (Å²) in [5, 5.41) is 7.33. The van der Waals surface area contributed by atoms with E-state index in [1.54, 1.807) is 0 Å². The molecule has 1 aliphatic carbocycles. The van der Waals surface area contributed by atoms with Gasteiger partial charge in [-0.15, -0.1) is 0 Å². The lowest BCUT2D eigenvalue weighted by Gasteiger charge is -2.39. The molecule has 0 saturated carbocycles. The molecule has 0 unspecified atom stereocenters. The summed E-state index contributed by atoms with van der Waals surface area (Å²) in [4.78, 5) is 10.0. The van der Waals surface area contributed by atoms with Gasteiger partial charge in [-0.3, -0.25) is 9.97 Å². The van der Waals surface area contributed by atoms with Crippen molar-refractivity contribution in [3.05, 3.63) is 283 Å². The van der Waals surface area contributed by atoms with Crippen LogP contribution in [0.3, 0.4) is 0 Å². The fourth-order valence-electron chi connectivity index (χ4n) is 13.4. The van der Waals surface area contributed by atoms with Crippen molar-refractivity contribution in [1.29, 1.82) is 0 Å². The molecule has 1 aliphatic heterocycles. The van der Waals surface area contributed by atoms with Crippen LogP contribution < -0.4 is 4.74 Å². The standard InChI is InChI=1S/C71H43N5O/c1-2-14-48(15-3-1)74-63-24-10-6-18-53(63)55-40-44(28-36-65(55)74)46-26-34-57-67(42-46)77-68-43-47(27-35-58(68)71(57)59-20-12-38-72-69(59)70-60(71)21-13-39-73-70)45-29-37-66-56(41-45)54-19-7-11-25-64(54)76(66)50-32-30-49(31-33-50)75-61-22-8-4-16-51(61)52-17-5-9-23-62(52)75/h1-43H. The third kappa shape index (κ3) is 5.84. The maximum absolute atomic E-state index is 7.29. The number of benzene rings is 10. The molecule has 6 heteroatoms. The summed E-state index contributed by atoms with van der Waals surface area (Å²) in [5.74, 6) is 1.62. The highest BCUT2D eigenvalue weighted by molar-refractivity contribution is 6.12. The Kier molecular flexibility index (Phi) is 8.67. The van der Waals surface area contributed by atoms with Crippen molar-refractivity contribution in [3.8, 4) is 62.2 Å². The Balaban J connectivity index is 0.802. The third-order valence-corrected chi connectivity index (χ3v) is 16.6. The Hall–Kier alpha value is -10.3. The Labute approximate surface area is 442 Å². The lowest BCUT2D eigenvalue weighted by molar-refractivity contribution is 0.436. The Morgan fingerprint density at radius 3 is 1.06 bits per heavy atom. The second kappa shape index (κ2) is 15.9. The first-order valence-electron chi connectivity index (χ1n) is 26.3. The van der Waals surface area contributed by atoms with Crippen molar-refractivity contribution in [3.63, 3.8) is 0 Å². The predicted molar refractivity (Wildman–Crippen MR) is 313 cm³/mol. The van der Waals surface area contributed by atoms with Crippen LogP contribution in [0.5, 0.6) is 11.5 Å². The van der Waals surface area contributed by atoms with Gasteiger partial charge >= 0.3 is 0 Å². The van der Waals surface area contributed by atoms with Crippen molar-refractivity contribution >= 4 is 65.4 Å². The van der Waals surface area contributed by atoms with Gasteiger partial charge in [0.2, 0.25) is 0 Å². The van der Waals surface area contributed by atoms with Crippen LogP contribution in [0, 0.1) is 0 Å². The first-order chi connectivity index (χ1) is 38.2. The molecule has 5 aromatic heterocycles. The molecule has 6 nitrogen and oxygen atoms in total. The van der Waals surface area contributed by atoms with Crippen molar-refractivity contribution in [1.82, 2.24) is 23.7 Å². The summed E-state index contributed by atoms with van der Waals surface area (Å²) in [6, 6.07) is 90.3. The second-order valence-electron chi connectivity index (χ2n) is 20.5. The molecule has 6 heterocycles. The predicted octanol–water partition coefficient (Wildman–Crippen LogP) is 17.6. The summed E-state index contributed by atoms with van der Waals surface area (Å²) in [7, 11) is 0. The van der Waals surface area contributed by atoms with E-state index in [9.17, 15) is 0 Å². The van der Waals surface area contributed by atoms with E-state index < -0.39 is 5.41 Å². The number of rotatable bonds is 5. The molecule has 358 valence electrons. The molecule has 0 atom stereocenters. The molecule has 15 aromatic rings. The fourth-order valence-corrected chi connectivity index (χ4v) is 13.4. The third-order valence-electron chi connectivity index (χ3n) is 16.6. The van der Waals surface area contributed by atoms with Crippen molar-refractivity contribution in [2.45, 2.75) is 5.41 Å². The Morgan fingerprint density at radius 2 is 0.623 bits per heavy atom. The van der Waals surface area contributed by atoms with Gasteiger partial charge in [0.15, 0.2) is 0 Å². The molecule has 0 radical (unpaired) electrons. The number of para-hydroxylation sites is 5. The van der Waals surface area contributed by atoms with Crippen LogP contribution in [0.2, 0.25) is 0 Å². The minimum Gasteiger partial charge on any atom is -0.457 e. The zero-order chi connectivity index (χ0) is 50.3. The van der Waals surface area contributed by atoms with Gasteiger partial charge < -0.3 is 18.4 Å². The molecule has 0 N–H and O–H groups in total. The summed E-state index contributed by atoms with van der Waals surface area (Å²) >= 11 is 0. The number of hydrogen-bond donors (Lipinski definition) is 0. The van der Waals surface area contributed by atoms with Gasteiger partial charge in [-0.05, 0) is 143 Å². The van der Waals surface area contributed by atoms with E-state index in [4.69, 9.17) is 14.7 Å². The zero-order valence-corrected chi connectivity index (χ0v) is 41.5. The number of hydrogen-bond acceptors (Lipinski definition) is 3. The summed E-state index contributed by atoms with van der Waals surface area (Å²) < 4.78 is 14.4. The van der Waals surface area contributed by atoms with E-state index >= 15 is 0 Å². The second-order valence-corrected chi connectivity index (χ2v) is 20.5. The highest BCUT2D eigenvalue weighted by atomic mass is 16.5. The van der Waals surface area contributed by atoms with Crippen LogP contribution in [0.1, 0.15) is 22.3 Å². The van der Waals surface area contributed by atoms with Crippen LogP contribution >= 0.6 is 0 Å². The topological polar surface area (TPSA) is 49.8 Å². The molecule has 2 aliphatic rings. The average Bonchev–Trinajstić information content (AvgIpc) is 4.32. The highest BCUT2D eigenvalue weighted by Gasteiger charge is 2.52. The van der Waals surface area contributed by atoms with Gasteiger partial charge in [0.25, 0.3) is 0 Å².